The Labute approximate surface area is 144 Å². The smallest absolute Gasteiger partial charge is 0.257 e. The summed E-state index contributed by atoms with van der Waals surface area (Å²) in [5.74, 6) is -0.0305. The first kappa shape index (κ1) is 15.2. The van der Waals surface area contributed by atoms with Gasteiger partial charge < -0.3 is 15.1 Å². The molecule has 0 radical (unpaired) electrons. The van der Waals surface area contributed by atoms with Gasteiger partial charge in [0.1, 0.15) is 6.17 Å². The van der Waals surface area contributed by atoms with Crippen LogP contribution >= 0.6 is 11.3 Å². The number of hydrogen-bond acceptors (Lipinski definition) is 4. The highest BCUT2D eigenvalue weighted by Crippen LogP contribution is 2.35. The summed E-state index contributed by atoms with van der Waals surface area (Å²) in [5, 5.41) is 4.93. The minimum absolute atomic E-state index is 0.0798. The number of thiophene rings is 1. The molecule has 1 atom stereocenters. The molecule has 5 nitrogen and oxygen atoms in total. The SMILES string of the molecule is CN1c2cc(C(=O)NCc3cccs3)ccc2C(=O)N2CCC[C@@H]21. The second kappa shape index (κ2) is 5.94. The standard InChI is InChI=1S/C18H19N3O2S/c1-20-15-10-12(17(22)19-11-13-4-3-9-24-13)6-7-14(15)18(23)21-8-2-5-16(20)21/h3-4,6-7,9-10,16H,2,5,8,11H2,1H3,(H,19,22)/t16-/m1/s1. The van der Waals surface area contributed by atoms with Crippen molar-refractivity contribution in [3.05, 3.63) is 51.7 Å². The van der Waals surface area contributed by atoms with Crippen LogP contribution in [0.5, 0.6) is 0 Å². The molecular formula is C18H19N3O2S. The molecule has 0 bridgehead atoms. The van der Waals surface area contributed by atoms with E-state index in [0.717, 1.165) is 30.0 Å². The van der Waals surface area contributed by atoms with Gasteiger partial charge in [0.25, 0.3) is 11.8 Å². The van der Waals surface area contributed by atoms with Crippen molar-refractivity contribution in [3.63, 3.8) is 0 Å². The Morgan fingerprint density at radius 2 is 2.25 bits per heavy atom. The Bertz CT molecular complexity index is 788. The zero-order chi connectivity index (χ0) is 16.7. The lowest BCUT2D eigenvalue weighted by Crippen LogP contribution is -2.50. The number of nitrogens with zero attached hydrogens (tertiary/aromatic N) is 2. The predicted octanol–water partition coefficient (Wildman–Crippen LogP) is 2.69. The van der Waals surface area contributed by atoms with Crippen LogP contribution in [0.4, 0.5) is 5.69 Å². The number of hydrogen-bond donors (Lipinski definition) is 1. The molecule has 1 aromatic heterocycles. The molecule has 2 aliphatic rings. The van der Waals surface area contributed by atoms with E-state index in [9.17, 15) is 9.59 Å². The largest absolute Gasteiger partial charge is 0.354 e. The summed E-state index contributed by atoms with van der Waals surface area (Å²) in [6.45, 7) is 1.34. The van der Waals surface area contributed by atoms with Crippen molar-refractivity contribution in [2.45, 2.75) is 25.6 Å². The first-order chi connectivity index (χ1) is 11.6. The van der Waals surface area contributed by atoms with Crippen LogP contribution < -0.4 is 10.2 Å². The molecule has 6 heteroatoms. The summed E-state index contributed by atoms with van der Waals surface area (Å²) in [4.78, 5) is 30.2. The first-order valence-corrected chi connectivity index (χ1v) is 9.01. The molecule has 1 fully saturated rings. The Hall–Kier alpha value is -2.34. The number of benzene rings is 1. The van der Waals surface area contributed by atoms with E-state index in [-0.39, 0.29) is 18.0 Å². The zero-order valence-electron chi connectivity index (χ0n) is 13.5. The van der Waals surface area contributed by atoms with Gasteiger partial charge in [-0.25, -0.2) is 0 Å². The third-order valence-electron chi connectivity index (χ3n) is 4.80. The summed E-state index contributed by atoms with van der Waals surface area (Å²) < 4.78 is 0. The highest BCUT2D eigenvalue weighted by atomic mass is 32.1. The van der Waals surface area contributed by atoms with Crippen LogP contribution in [0, 0.1) is 0 Å². The van der Waals surface area contributed by atoms with Gasteiger partial charge in [0, 0.05) is 24.0 Å². The summed E-state index contributed by atoms with van der Waals surface area (Å²) in [6, 6.07) is 9.33. The van der Waals surface area contributed by atoms with Crippen molar-refractivity contribution < 1.29 is 9.59 Å². The molecule has 2 amide bonds. The number of anilines is 1. The molecule has 0 unspecified atom stereocenters. The number of carbonyl (C=O) groups excluding carboxylic acids is 2. The van der Waals surface area contributed by atoms with Gasteiger partial charge in [0.05, 0.1) is 17.8 Å². The lowest BCUT2D eigenvalue weighted by Gasteiger charge is -2.40. The maximum Gasteiger partial charge on any atom is 0.257 e. The highest BCUT2D eigenvalue weighted by molar-refractivity contribution is 7.09. The van der Waals surface area contributed by atoms with Crippen molar-refractivity contribution >= 4 is 28.8 Å². The number of carbonyl (C=O) groups is 2. The predicted molar refractivity (Wildman–Crippen MR) is 94.4 cm³/mol. The maximum atomic E-state index is 12.6. The first-order valence-electron chi connectivity index (χ1n) is 8.13. The third-order valence-corrected chi connectivity index (χ3v) is 5.68. The Kier molecular flexibility index (Phi) is 3.76. The van der Waals surface area contributed by atoms with E-state index < -0.39 is 0 Å². The summed E-state index contributed by atoms with van der Waals surface area (Å²) in [7, 11) is 2.00. The van der Waals surface area contributed by atoms with Gasteiger partial charge in [0.2, 0.25) is 0 Å². The molecule has 1 N–H and O–H groups in total. The fourth-order valence-corrected chi connectivity index (χ4v) is 4.18. The minimum atomic E-state index is -0.110. The van der Waals surface area contributed by atoms with E-state index in [4.69, 9.17) is 0 Å². The highest BCUT2D eigenvalue weighted by Gasteiger charge is 2.38. The van der Waals surface area contributed by atoms with Crippen LogP contribution in [0.2, 0.25) is 0 Å². The third kappa shape index (κ3) is 2.47. The molecule has 0 saturated carbocycles. The molecule has 4 rings (SSSR count). The average Bonchev–Trinajstić information content (AvgIpc) is 3.28. The van der Waals surface area contributed by atoms with Gasteiger partial charge >= 0.3 is 0 Å². The summed E-state index contributed by atoms with van der Waals surface area (Å²) in [5.41, 5.74) is 2.13. The lowest BCUT2D eigenvalue weighted by atomic mass is 10.0. The van der Waals surface area contributed by atoms with E-state index in [1.54, 1.807) is 23.5 Å². The van der Waals surface area contributed by atoms with Crippen LogP contribution in [-0.2, 0) is 6.54 Å². The van der Waals surface area contributed by atoms with Crippen molar-refractivity contribution in [3.8, 4) is 0 Å². The van der Waals surface area contributed by atoms with E-state index in [0.29, 0.717) is 17.7 Å². The van der Waals surface area contributed by atoms with Crippen LogP contribution in [0.3, 0.4) is 0 Å². The van der Waals surface area contributed by atoms with Crippen molar-refractivity contribution in [2.24, 2.45) is 0 Å². The second-order valence-electron chi connectivity index (χ2n) is 6.23. The van der Waals surface area contributed by atoms with Gasteiger partial charge in [0.15, 0.2) is 0 Å². The summed E-state index contributed by atoms with van der Waals surface area (Å²) in [6.07, 6.45) is 2.13. The van der Waals surface area contributed by atoms with Crippen LogP contribution in [0.25, 0.3) is 0 Å². The monoisotopic (exact) mass is 341 g/mol. The second-order valence-corrected chi connectivity index (χ2v) is 7.26. The number of rotatable bonds is 3. The van der Waals surface area contributed by atoms with E-state index in [1.807, 2.05) is 35.5 Å². The minimum Gasteiger partial charge on any atom is -0.354 e. The molecule has 2 aliphatic heterocycles. The van der Waals surface area contributed by atoms with Crippen LogP contribution in [0.15, 0.2) is 35.7 Å². The van der Waals surface area contributed by atoms with E-state index in [2.05, 4.69) is 10.2 Å². The maximum absolute atomic E-state index is 12.6. The van der Waals surface area contributed by atoms with Crippen LogP contribution in [0.1, 0.15) is 38.4 Å². The van der Waals surface area contributed by atoms with Crippen molar-refractivity contribution in [1.29, 1.82) is 0 Å². The van der Waals surface area contributed by atoms with Gasteiger partial charge in [-0.2, -0.15) is 0 Å². The molecule has 0 aliphatic carbocycles. The quantitative estimate of drug-likeness (QED) is 0.934. The summed E-state index contributed by atoms with van der Waals surface area (Å²) >= 11 is 1.62. The molecule has 124 valence electrons. The molecule has 1 aromatic carbocycles. The van der Waals surface area contributed by atoms with Gasteiger partial charge in [-0.1, -0.05) is 6.07 Å². The molecule has 24 heavy (non-hydrogen) atoms. The Morgan fingerprint density at radius 1 is 1.38 bits per heavy atom. The lowest BCUT2D eigenvalue weighted by molar-refractivity contribution is 0.0719. The van der Waals surface area contributed by atoms with E-state index >= 15 is 0 Å². The van der Waals surface area contributed by atoms with Crippen molar-refractivity contribution in [1.82, 2.24) is 10.2 Å². The van der Waals surface area contributed by atoms with Crippen molar-refractivity contribution in [2.75, 3.05) is 18.5 Å². The molecule has 3 heterocycles. The molecule has 1 saturated heterocycles. The Balaban J connectivity index is 1.58. The molecule has 0 spiro atoms. The normalized spacial score (nSPS) is 19.2. The fraction of sp³-hybridized carbons (Fsp3) is 0.333. The average molecular weight is 341 g/mol. The number of amides is 2. The van der Waals surface area contributed by atoms with Crippen LogP contribution in [-0.4, -0.2) is 36.5 Å². The number of nitrogens with one attached hydrogen (secondary N) is 1. The number of fused-ring (bicyclic) bond motifs is 2. The van der Waals surface area contributed by atoms with Gasteiger partial charge in [-0.05, 0) is 42.5 Å². The molecule has 2 aromatic rings. The topological polar surface area (TPSA) is 52.7 Å². The fourth-order valence-electron chi connectivity index (χ4n) is 3.53. The van der Waals surface area contributed by atoms with E-state index in [1.165, 1.54) is 0 Å². The van der Waals surface area contributed by atoms with Gasteiger partial charge in [-0.15, -0.1) is 11.3 Å². The molecular weight excluding hydrogens is 322 g/mol. The Morgan fingerprint density at radius 3 is 3.04 bits per heavy atom. The van der Waals surface area contributed by atoms with Gasteiger partial charge in [-0.3, -0.25) is 9.59 Å². The zero-order valence-corrected chi connectivity index (χ0v) is 14.3.